The Labute approximate surface area is 86.3 Å². The molecule has 0 aromatic rings. The molecule has 0 bridgehead atoms. The van der Waals surface area contributed by atoms with Crippen LogP contribution in [0.15, 0.2) is 0 Å². The van der Waals surface area contributed by atoms with Gasteiger partial charge in [0.1, 0.15) is 0 Å². The normalized spacial score (nSPS) is 16.7. The van der Waals surface area contributed by atoms with Gasteiger partial charge in [-0.05, 0) is 25.8 Å². The van der Waals surface area contributed by atoms with Gasteiger partial charge < -0.3 is 5.32 Å². The lowest BCUT2D eigenvalue weighted by Crippen LogP contribution is -2.42. The fourth-order valence-corrected chi connectivity index (χ4v) is 1.47. The zero-order chi connectivity index (χ0) is 11.2. The highest BCUT2D eigenvalue weighted by Crippen LogP contribution is 2.26. The van der Waals surface area contributed by atoms with Crippen LogP contribution in [0.1, 0.15) is 46.5 Å². The van der Waals surface area contributed by atoms with Crippen LogP contribution in [0.3, 0.4) is 0 Å². The van der Waals surface area contributed by atoms with Gasteiger partial charge in [0.25, 0.3) is 5.92 Å². The van der Waals surface area contributed by atoms with Gasteiger partial charge in [-0.15, -0.1) is 0 Å². The van der Waals surface area contributed by atoms with Gasteiger partial charge in [0.2, 0.25) is 0 Å². The highest BCUT2D eigenvalue weighted by molar-refractivity contribution is 4.81. The van der Waals surface area contributed by atoms with Crippen molar-refractivity contribution in [3.05, 3.63) is 0 Å². The summed E-state index contributed by atoms with van der Waals surface area (Å²) in [4.78, 5) is 0. The SMILES string of the molecule is CCC(C)CCC(NC)C(F)(F)CC. The first kappa shape index (κ1) is 13.8. The van der Waals surface area contributed by atoms with Crippen molar-refractivity contribution in [3.8, 4) is 0 Å². The van der Waals surface area contributed by atoms with Gasteiger partial charge in [-0.1, -0.05) is 27.2 Å². The summed E-state index contributed by atoms with van der Waals surface area (Å²) >= 11 is 0. The average Bonchev–Trinajstić information content (AvgIpc) is 2.18. The van der Waals surface area contributed by atoms with E-state index in [2.05, 4.69) is 19.2 Å². The van der Waals surface area contributed by atoms with E-state index in [1.54, 1.807) is 7.05 Å². The lowest BCUT2D eigenvalue weighted by atomic mass is 9.95. The molecular formula is C11H23F2N. The Morgan fingerprint density at radius 1 is 1.21 bits per heavy atom. The van der Waals surface area contributed by atoms with Crippen LogP contribution < -0.4 is 5.32 Å². The first-order valence-corrected chi connectivity index (χ1v) is 5.53. The topological polar surface area (TPSA) is 12.0 Å². The predicted octanol–water partition coefficient (Wildman–Crippen LogP) is 3.45. The minimum atomic E-state index is -2.57. The summed E-state index contributed by atoms with van der Waals surface area (Å²) in [6, 6.07) is -0.665. The molecule has 1 N–H and O–H groups in total. The van der Waals surface area contributed by atoms with Crippen LogP contribution in [0, 0.1) is 5.92 Å². The second kappa shape index (κ2) is 6.33. The lowest BCUT2D eigenvalue weighted by molar-refractivity contribution is -0.0421. The predicted molar refractivity (Wildman–Crippen MR) is 56.8 cm³/mol. The molecule has 14 heavy (non-hydrogen) atoms. The van der Waals surface area contributed by atoms with Crippen molar-refractivity contribution in [2.24, 2.45) is 5.92 Å². The number of halogens is 2. The third-order valence-corrected chi connectivity index (χ3v) is 2.97. The summed E-state index contributed by atoms with van der Waals surface area (Å²) in [5.74, 6) is -2.03. The van der Waals surface area contributed by atoms with Crippen LogP contribution in [0.5, 0.6) is 0 Å². The standard InChI is InChI=1S/C11H23F2N/c1-5-9(3)7-8-10(14-4)11(12,13)6-2/h9-10,14H,5-8H2,1-4H3. The minimum Gasteiger partial charge on any atom is -0.312 e. The van der Waals surface area contributed by atoms with Crippen LogP contribution in [0.2, 0.25) is 0 Å². The van der Waals surface area contributed by atoms with Crippen molar-refractivity contribution in [1.82, 2.24) is 5.32 Å². The van der Waals surface area contributed by atoms with Gasteiger partial charge in [-0.25, -0.2) is 8.78 Å². The van der Waals surface area contributed by atoms with Gasteiger partial charge in [0.15, 0.2) is 0 Å². The van der Waals surface area contributed by atoms with Gasteiger partial charge in [-0.3, -0.25) is 0 Å². The van der Waals surface area contributed by atoms with Crippen molar-refractivity contribution in [1.29, 1.82) is 0 Å². The number of rotatable bonds is 7. The maximum Gasteiger partial charge on any atom is 0.262 e. The van der Waals surface area contributed by atoms with Crippen LogP contribution in [-0.2, 0) is 0 Å². The maximum absolute atomic E-state index is 13.3. The van der Waals surface area contributed by atoms with E-state index in [9.17, 15) is 8.78 Å². The molecule has 3 heteroatoms. The molecule has 2 unspecified atom stereocenters. The Morgan fingerprint density at radius 2 is 1.79 bits per heavy atom. The molecule has 0 fully saturated rings. The van der Waals surface area contributed by atoms with Crippen LogP contribution in [-0.4, -0.2) is 19.0 Å². The highest BCUT2D eigenvalue weighted by atomic mass is 19.3. The number of hydrogen-bond donors (Lipinski definition) is 1. The van der Waals surface area contributed by atoms with Crippen molar-refractivity contribution in [2.75, 3.05) is 7.05 Å². The van der Waals surface area contributed by atoms with E-state index in [1.165, 1.54) is 6.92 Å². The Bertz CT molecular complexity index is 148. The second-order valence-electron chi connectivity index (χ2n) is 4.05. The molecule has 0 aliphatic carbocycles. The molecule has 86 valence electrons. The summed E-state index contributed by atoms with van der Waals surface area (Å²) in [6.07, 6.45) is 2.41. The fourth-order valence-electron chi connectivity index (χ4n) is 1.47. The van der Waals surface area contributed by atoms with E-state index in [0.717, 1.165) is 12.8 Å². The first-order valence-electron chi connectivity index (χ1n) is 5.53. The summed E-state index contributed by atoms with van der Waals surface area (Å²) < 4.78 is 26.6. The molecule has 0 spiro atoms. The number of nitrogens with one attached hydrogen (secondary N) is 1. The molecule has 0 saturated carbocycles. The van der Waals surface area contributed by atoms with Gasteiger partial charge in [0, 0.05) is 6.42 Å². The molecule has 0 aliphatic rings. The zero-order valence-electron chi connectivity index (χ0n) is 9.74. The summed E-state index contributed by atoms with van der Waals surface area (Å²) in [5, 5.41) is 2.72. The van der Waals surface area contributed by atoms with Crippen LogP contribution in [0.4, 0.5) is 8.78 Å². The summed E-state index contributed by atoms with van der Waals surface area (Å²) in [5.41, 5.74) is 0. The lowest BCUT2D eigenvalue weighted by Gasteiger charge is -2.26. The van der Waals surface area contributed by atoms with Crippen molar-refractivity contribution < 1.29 is 8.78 Å². The van der Waals surface area contributed by atoms with E-state index in [-0.39, 0.29) is 6.42 Å². The molecule has 0 aliphatic heterocycles. The Morgan fingerprint density at radius 3 is 2.14 bits per heavy atom. The van der Waals surface area contributed by atoms with Gasteiger partial charge in [-0.2, -0.15) is 0 Å². The largest absolute Gasteiger partial charge is 0.312 e. The monoisotopic (exact) mass is 207 g/mol. The fraction of sp³-hybridized carbons (Fsp3) is 1.00. The van der Waals surface area contributed by atoms with E-state index in [1.807, 2.05) is 0 Å². The first-order chi connectivity index (χ1) is 6.47. The molecule has 0 aromatic carbocycles. The smallest absolute Gasteiger partial charge is 0.262 e. The van der Waals surface area contributed by atoms with Gasteiger partial charge in [0.05, 0.1) is 6.04 Å². The molecule has 1 nitrogen and oxygen atoms in total. The Balaban J connectivity index is 4.03. The maximum atomic E-state index is 13.3. The summed E-state index contributed by atoms with van der Waals surface area (Å²) in [6.45, 7) is 5.74. The van der Waals surface area contributed by atoms with E-state index in [0.29, 0.717) is 12.3 Å². The third kappa shape index (κ3) is 4.36. The van der Waals surface area contributed by atoms with Crippen LogP contribution in [0.25, 0.3) is 0 Å². The minimum absolute atomic E-state index is 0.0843. The Kier molecular flexibility index (Phi) is 6.25. The molecular weight excluding hydrogens is 184 g/mol. The Hall–Kier alpha value is -0.180. The molecule has 0 radical (unpaired) electrons. The third-order valence-electron chi connectivity index (χ3n) is 2.97. The number of alkyl halides is 2. The van der Waals surface area contributed by atoms with E-state index in [4.69, 9.17) is 0 Å². The zero-order valence-corrected chi connectivity index (χ0v) is 9.74. The number of hydrogen-bond acceptors (Lipinski definition) is 1. The van der Waals surface area contributed by atoms with E-state index < -0.39 is 12.0 Å². The molecule has 0 saturated heterocycles. The van der Waals surface area contributed by atoms with Gasteiger partial charge >= 0.3 is 0 Å². The second-order valence-corrected chi connectivity index (χ2v) is 4.05. The quantitative estimate of drug-likeness (QED) is 0.674. The molecule has 0 aromatic heterocycles. The highest BCUT2D eigenvalue weighted by Gasteiger charge is 2.35. The van der Waals surface area contributed by atoms with E-state index >= 15 is 0 Å². The molecule has 0 amide bonds. The van der Waals surface area contributed by atoms with Crippen molar-refractivity contribution in [3.63, 3.8) is 0 Å². The van der Waals surface area contributed by atoms with Crippen LogP contribution >= 0.6 is 0 Å². The molecule has 0 heterocycles. The molecule has 2 atom stereocenters. The van der Waals surface area contributed by atoms with Crippen molar-refractivity contribution in [2.45, 2.75) is 58.4 Å². The summed E-state index contributed by atoms with van der Waals surface area (Å²) in [7, 11) is 1.62. The average molecular weight is 207 g/mol. The molecule has 0 rings (SSSR count). The van der Waals surface area contributed by atoms with Crippen molar-refractivity contribution >= 4 is 0 Å².